The van der Waals surface area contributed by atoms with Gasteiger partial charge in [0.05, 0.1) is 5.69 Å². The van der Waals surface area contributed by atoms with Crippen molar-refractivity contribution < 1.29 is 14.0 Å². The topological polar surface area (TPSA) is 82.6 Å². The molecule has 3 N–H and O–H groups in total. The summed E-state index contributed by atoms with van der Waals surface area (Å²) in [7, 11) is 0. The molecule has 0 aliphatic rings. The normalized spacial score (nSPS) is 10.8. The number of anilines is 2. The first-order valence-corrected chi connectivity index (χ1v) is 9.09. The van der Waals surface area contributed by atoms with Crippen LogP contribution in [-0.2, 0) is 0 Å². The smallest absolute Gasteiger partial charge is 0.308 e. The molecule has 0 heterocycles. The van der Waals surface area contributed by atoms with Crippen LogP contribution in [0.3, 0.4) is 0 Å². The number of carbonyl (C=O) groups excluding carboxylic acids is 2. The van der Waals surface area contributed by atoms with Crippen LogP contribution in [-0.4, -0.2) is 18.2 Å². The van der Waals surface area contributed by atoms with E-state index in [1.54, 1.807) is 36.4 Å². The standard InChI is InChI=1S/C23H19FN4O2/c24-20-10-4-5-11-21(20)27-23(30)26-19-14-12-18(13-15-19)22(29)28-25-16-6-9-17-7-2-1-3-8-17/h1-16H,(H,28,29)(H2,26,27,30)/b9-6-,25-16+. The molecule has 0 bridgehead atoms. The van der Waals surface area contributed by atoms with E-state index in [2.05, 4.69) is 21.2 Å². The van der Waals surface area contributed by atoms with Crippen LogP contribution in [0.4, 0.5) is 20.6 Å². The lowest BCUT2D eigenvalue weighted by Crippen LogP contribution is -2.20. The summed E-state index contributed by atoms with van der Waals surface area (Å²) in [6, 6.07) is 21.2. The minimum Gasteiger partial charge on any atom is -0.308 e. The van der Waals surface area contributed by atoms with Crippen LogP contribution in [0.5, 0.6) is 0 Å². The number of halogens is 1. The lowest BCUT2D eigenvalue weighted by atomic mass is 10.2. The molecule has 0 fully saturated rings. The van der Waals surface area contributed by atoms with Gasteiger partial charge in [0.1, 0.15) is 5.82 Å². The average Bonchev–Trinajstić information content (AvgIpc) is 2.76. The molecule has 0 atom stereocenters. The van der Waals surface area contributed by atoms with Crippen molar-refractivity contribution in [3.05, 3.63) is 102 Å². The largest absolute Gasteiger partial charge is 0.323 e. The number of nitrogens with one attached hydrogen (secondary N) is 3. The van der Waals surface area contributed by atoms with Crippen molar-refractivity contribution in [3.63, 3.8) is 0 Å². The summed E-state index contributed by atoms with van der Waals surface area (Å²) in [4.78, 5) is 24.1. The molecule has 0 saturated heterocycles. The van der Waals surface area contributed by atoms with Crippen molar-refractivity contribution in [3.8, 4) is 0 Å². The zero-order chi connectivity index (χ0) is 21.2. The summed E-state index contributed by atoms with van der Waals surface area (Å²) >= 11 is 0. The number of hydrogen-bond donors (Lipinski definition) is 3. The Morgan fingerprint density at radius 2 is 1.53 bits per heavy atom. The zero-order valence-electron chi connectivity index (χ0n) is 15.9. The van der Waals surface area contributed by atoms with Crippen LogP contribution in [0.15, 0.2) is 90.0 Å². The van der Waals surface area contributed by atoms with E-state index >= 15 is 0 Å². The first-order chi connectivity index (χ1) is 14.6. The highest BCUT2D eigenvalue weighted by Crippen LogP contribution is 2.14. The van der Waals surface area contributed by atoms with E-state index in [9.17, 15) is 14.0 Å². The minimum absolute atomic E-state index is 0.0742. The Morgan fingerprint density at radius 3 is 2.27 bits per heavy atom. The summed E-state index contributed by atoms with van der Waals surface area (Å²) in [6.45, 7) is 0. The van der Waals surface area contributed by atoms with E-state index in [0.29, 0.717) is 11.3 Å². The minimum atomic E-state index is -0.591. The van der Waals surface area contributed by atoms with Crippen LogP contribution in [0, 0.1) is 5.82 Å². The molecule has 3 rings (SSSR count). The van der Waals surface area contributed by atoms with E-state index in [1.807, 2.05) is 36.4 Å². The van der Waals surface area contributed by atoms with Crippen molar-refractivity contribution in [1.82, 2.24) is 5.43 Å². The molecule has 0 spiro atoms. The highest BCUT2D eigenvalue weighted by molar-refractivity contribution is 6.00. The van der Waals surface area contributed by atoms with Gasteiger partial charge in [-0.3, -0.25) is 4.79 Å². The van der Waals surface area contributed by atoms with Crippen LogP contribution in [0.2, 0.25) is 0 Å². The number of para-hydroxylation sites is 1. The van der Waals surface area contributed by atoms with Crippen molar-refractivity contribution >= 4 is 35.6 Å². The summed E-state index contributed by atoms with van der Waals surface area (Å²) in [5.74, 6) is -0.916. The lowest BCUT2D eigenvalue weighted by molar-refractivity contribution is 0.0955. The highest BCUT2D eigenvalue weighted by atomic mass is 19.1. The molecular formula is C23H19FN4O2. The second-order valence-corrected chi connectivity index (χ2v) is 6.13. The van der Waals surface area contributed by atoms with E-state index in [-0.39, 0.29) is 11.6 Å². The third-order valence-electron chi connectivity index (χ3n) is 3.94. The number of benzene rings is 3. The summed E-state index contributed by atoms with van der Waals surface area (Å²) in [5, 5.41) is 8.85. The van der Waals surface area contributed by atoms with Gasteiger partial charge in [0, 0.05) is 17.5 Å². The van der Waals surface area contributed by atoms with Gasteiger partial charge in [0.25, 0.3) is 5.91 Å². The van der Waals surface area contributed by atoms with Gasteiger partial charge < -0.3 is 10.6 Å². The maximum absolute atomic E-state index is 13.6. The van der Waals surface area contributed by atoms with Crippen LogP contribution < -0.4 is 16.1 Å². The second kappa shape index (κ2) is 10.3. The molecule has 0 aliphatic carbocycles. The number of nitrogens with zero attached hydrogens (tertiary/aromatic N) is 1. The molecule has 3 aromatic rings. The summed E-state index contributed by atoms with van der Waals surface area (Å²) < 4.78 is 13.6. The Kier molecular flexibility index (Phi) is 7.05. The first kappa shape index (κ1) is 20.5. The number of urea groups is 1. The first-order valence-electron chi connectivity index (χ1n) is 9.09. The lowest BCUT2D eigenvalue weighted by Gasteiger charge is -2.08. The Balaban J connectivity index is 1.49. The fraction of sp³-hybridized carbons (Fsp3) is 0. The van der Waals surface area contributed by atoms with Gasteiger partial charge >= 0.3 is 6.03 Å². The Labute approximate surface area is 173 Å². The number of carbonyl (C=O) groups is 2. The van der Waals surface area contributed by atoms with Crippen molar-refractivity contribution in [2.75, 3.05) is 10.6 Å². The molecule has 0 saturated carbocycles. The molecule has 7 heteroatoms. The molecular weight excluding hydrogens is 383 g/mol. The van der Waals surface area contributed by atoms with Gasteiger partial charge in [-0.2, -0.15) is 5.10 Å². The molecule has 0 aliphatic heterocycles. The molecule has 0 aromatic heterocycles. The third-order valence-corrected chi connectivity index (χ3v) is 3.94. The van der Waals surface area contributed by atoms with Crippen LogP contribution in [0.1, 0.15) is 15.9 Å². The fourth-order valence-corrected chi connectivity index (χ4v) is 2.47. The number of rotatable bonds is 6. The van der Waals surface area contributed by atoms with Crippen molar-refractivity contribution in [1.29, 1.82) is 0 Å². The number of hydrogen-bond acceptors (Lipinski definition) is 3. The maximum atomic E-state index is 13.6. The number of amides is 3. The quantitative estimate of drug-likeness (QED) is 0.405. The highest BCUT2D eigenvalue weighted by Gasteiger charge is 2.08. The van der Waals surface area contributed by atoms with Gasteiger partial charge in [0.2, 0.25) is 0 Å². The molecule has 3 amide bonds. The van der Waals surface area contributed by atoms with Crippen molar-refractivity contribution in [2.45, 2.75) is 0 Å². The predicted molar refractivity (Wildman–Crippen MR) is 117 cm³/mol. The summed E-state index contributed by atoms with van der Waals surface area (Å²) in [5.41, 5.74) is 4.35. The molecule has 0 radical (unpaired) electrons. The third kappa shape index (κ3) is 6.13. The monoisotopic (exact) mass is 402 g/mol. The van der Waals surface area contributed by atoms with E-state index < -0.39 is 11.8 Å². The van der Waals surface area contributed by atoms with E-state index in [4.69, 9.17) is 0 Å². The van der Waals surface area contributed by atoms with Gasteiger partial charge in [-0.15, -0.1) is 0 Å². The zero-order valence-corrected chi connectivity index (χ0v) is 15.9. The van der Waals surface area contributed by atoms with Crippen LogP contribution >= 0.6 is 0 Å². The number of allylic oxidation sites excluding steroid dienone is 1. The van der Waals surface area contributed by atoms with Gasteiger partial charge in [-0.05, 0) is 48.0 Å². The number of hydrazone groups is 1. The van der Waals surface area contributed by atoms with Crippen LogP contribution in [0.25, 0.3) is 6.08 Å². The molecule has 3 aromatic carbocycles. The average molecular weight is 402 g/mol. The SMILES string of the molecule is O=C(Nc1ccc(C(=O)N/N=C/C=C\c2ccccc2)cc1)Nc1ccccc1F. The van der Waals surface area contributed by atoms with Crippen molar-refractivity contribution in [2.24, 2.45) is 5.10 Å². The molecule has 6 nitrogen and oxygen atoms in total. The maximum Gasteiger partial charge on any atom is 0.323 e. The van der Waals surface area contributed by atoms with E-state index in [0.717, 1.165) is 5.56 Å². The van der Waals surface area contributed by atoms with Gasteiger partial charge in [-0.25, -0.2) is 14.6 Å². The van der Waals surface area contributed by atoms with Gasteiger partial charge in [-0.1, -0.05) is 48.5 Å². The fourth-order valence-electron chi connectivity index (χ4n) is 2.47. The Bertz CT molecular complexity index is 1060. The molecule has 150 valence electrons. The van der Waals surface area contributed by atoms with Gasteiger partial charge in [0.15, 0.2) is 0 Å². The Morgan fingerprint density at radius 1 is 0.833 bits per heavy atom. The molecule has 30 heavy (non-hydrogen) atoms. The molecule has 0 unspecified atom stereocenters. The van der Waals surface area contributed by atoms with E-state index in [1.165, 1.54) is 24.4 Å². The Hall–Kier alpha value is -4.26. The second-order valence-electron chi connectivity index (χ2n) is 6.13. The summed E-state index contributed by atoms with van der Waals surface area (Å²) in [6.07, 6.45) is 5.06. The predicted octanol–water partition coefficient (Wildman–Crippen LogP) is 4.90.